The molecule has 25 nitrogen and oxygen atoms in total. The summed E-state index contributed by atoms with van der Waals surface area (Å²) in [6, 6.07) is -21.3. The van der Waals surface area contributed by atoms with Crippen LogP contribution in [0, 0.1) is 64.2 Å². The first kappa shape index (κ1) is 44.0. The second-order valence-electron chi connectivity index (χ2n) is 33.2. The van der Waals surface area contributed by atoms with Gasteiger partial charge in [0.25, 0.3) is 0 Å². The number of amides is 10. The lowest BCUT2D eigenvalue weighted by atomic mass is 9.84. The van der Waals surface area contributed by atoms with E-state index in [1.807, 2.05) is 0 Å². The molecule has 5 heterocycles. The number of carbonyl (C=O) groups excluding carboxylic acids is 5. The molecule has 0 unspecified atom stereocenters. The zero-order valence-corrected chi connectivity index (χ0v) is 82.7. The van der Waals surface area contributed by atoms with E-state index in [-0.39, 0.29) is 174 Å². The zero-order chi connectivity index (χ0) is 177. The average Bonchev–Trinajstić information content (AvgIpc) is 0.649. The molecule has 5 saturated heterocycles. The molecule has 780 valence electrons. The van der Waals surface area contributed by atoms with Gasteiger partial charge in [0, 0.05) is 299 Å². The molecule has 5 aromatic rings. The molecule has 5 aromatic carbocycles. The fraction of sp³-hybridized carbons (Fsp3) is 0.682. The number of carbonyl (C=O) groups is 5. The van der Waals surface area contributed by atoms with E-state index in [9.17, 15) is 24.0 Å². The van der Waals surface area contributed by atoms with Crippen molar-refractivity contribution >= 4 is 117 Å². The topological polar surface area (TPSA) is 194 Å². The summed E-state index contributed by atoms with van der Waals surface area (Å²) >= 11 is 31.5. The van der Waals surface area contributed by atoms with E-state index in [4.69, 9.17) is 176 Å². The smallest absolute Gasteiger partial charge is 0.317 e. The van der Waals surface area contributed by atoms with Crippen molar-refractivity contribution < 1.29 is 142 Å². The summed E-state index contributed by atoms with van der Waals surface area (Å²) in [5.74, 6) is -7.42. The fourth-order valence-electron chi connectivity index (χ4n) is 13.9. The molecule has 0 atom stereocenters. The molecular formula is C110H175Cl5N20O5. The Balaban J connectivity index is 0.000000257. The number of rotatable bonds is 25. The highest BCUT2D eigenvalue weighted by molar-refractivity contribution is 6.35. The summed E-state index contributed by atoms with van der Waals surface area (Å²) in [6.45, 7) is -88.0. The number of nitrogens with zero attached hydrogens (tertiary/aromatic N) is 15. The maximum absolute atomic E-state index is 12.5. The molecule has 0 bridgehead atoms. The number of anilines is 5. The van der Waals surface area contributed by atoms with Gasteiger partial charge in [-0.15, -0.1) is 0 Å². The maximum atomic E-state index is 12.5. The Labute approximate surface area is 988 Å². The van der Waals surface area contributed by atoms with Crippen molar-refractivity contribution in [2.75, 3.05) is 257 Å². The van der Waals surface area contributed by atoms with Crippen molar-refractivity contribution in [2.45, 2.75) is 225 Å². The van der Waals surface area contributed by atoms with E-state index in [2.05, 4.69) is 21.3 Å². The normalized spacial score (nSPS) is 43.1. The SMILES string of the molecule is [2H]c1c([2H])c(C)c(Cl)c(N2C([2H])([2H])C([2H])([2H])N(C([2H])([2H])C([2H])([2H])C3CCC(NC(=O)N(C)C([2H])([2H])[2H])CC3)C([2H])([2H])C2([2H])[2H])c1[2H].[2H]c1c([2H])c(C)c(Cl)c(N2C([2H])([2H])C([2H])([2H])N(C([2H])([2H])C([2H])([2H])C3CCC(NC(=O)N(C)C)CC3)C([2H])([2H])C2([2H])[2H])c1[2H].[2H]c1c([2H])c(C)c(Cl)c(N2C([2H])([2H])C([2H])([2H])N(C([2H])([2H])CC3CCC(NC(=O)N(C)C([2H])([2H])[2H])CC3)C([2H])([2H])C2([2H])[2H])c1[2H].[2H]c1c([2H])c(C)c(Cl)c(N2C([2H])([2H])C([2H])([2H])N(CC([2H])([2H])C3CCC(NC(=O)N(C)C([2H])([2H])[2H])CC3)C([2H])([2H])C2([2H])[2H])c1[2H].[2H]c1c([2H])c(C)c(Cl)c(N2C([2H])([2H])C([2H])([2H])N(CCC3([2H])C([2H])([2H])C([2H])([2H])C([2H])(NC(=O)N(C)C)C([2H])([2H])C3([2H])[2H])C([2H])([2H])C2([2H])[2H])c1[2H]. The van der Waals surface area contributed by atoms with Crippen LogP contribution in [0.2, 0.25) is 25.1 Å². The van der Waals surface area contributed by atoms with Crippen LogP contribution in [-0.4, -0.2) is 342 Å². The van der Waals surface area contributed by atoms with Crippen LogP contribution in [0.5, 0.6) is 0 Å². The van der Waals surface area contributed by atoms with Gasteiger partial charge in [0.05, 0.1) is 103 Å². The molecule has 15 rings (SSSR count). The number of urea groups is 5. The molecule has 30 heteroatoms. The number of hydrogen-bond acceptors (Lipinski definition) is 15. The van der Waals surface area contributed by atoms with Crippen LogP contribution in [-0.2, 0) is 0 Å². The van der Waals surface area contributed by atoms with Gasteiger partial charge < -0.3 is 75.6 Å². The Morgan fingerprint density at radius 3 is 0.836 bits per heavy atom. The molecule has 5 N–H and O–H groups in total. The number of piperazine rings is 5. The Morgan fingerprint density at radius 1 is 0.314 bits per heavy atom. The predicted molar refractivity (Wildman–Crippen MR) is 587 cm³/mol. The minimum atomic E-state index is -3.94. The second kappa shape index (κ2) is 57.6. The van der Waals surface area contributed by atoms with Gasteiger partial charge in [0.2, 0.25) is 0 Å². The first-order valence-corrected chi connectivity index (χ1v) is 46.2. The molecule has 0 spiro atoms. The van der Waals surface area contributed by atoms with Crippen molar-refractivity contribution in [3.63, 3.8) is 0 Å². The lowest BCUT2D eigenvalue weighted by Crippen LogP contribution is -2.47. The highest BCUT2D eigenvalue weighted by Crippen LogP contribution is 2.39. The average molecular weight is 2120 g/mol. The van der Waals surface area contributed by atoms with Gasteiger partial charge in [-0.25, -0.2) is 24.0 Å². The first-order chi connectivity index (χ1) is 100. The summed E-state index contributed by atoms with van der Waals surface area (Å²) < 4.78 is 728. The second-order valence-corrected chi connectivity index (χ2v) is 35.1. The summed E-state index contributed by atoms with van der Waals surface area (Å²) in [4.78, 5) is 63.9. The predicted octanol–water partition coefficient (Wildman–Crippen LogP) is 20.0. The first-order valence-electron chi connectivity index (χ1n) is 87.3. The van der Waals surface area contributed by atoms with Gasteiger partial charge in [0.15, 0.2) is 0 Å². The van der Waals surface area contributed by atoms with Crippen molar-refractivity contribution in [3.05, 3.63) is 144 Å². The van der Waals surface area contributed by atoms with E-state index in [1.54, 1.807) is 19.4 Å². The molecule has 10 amide bonds. The Hall–Kier alpha value is -7.30. The minimum Gasteiger partial charge on any atom is -0.368 e. The number of nitrogens with one attached hydrogen (secondary N) is 5. The molecule has 5 aliphatic carbocycles. The standard InChI is InChI=1S/5C22H35ClN4O/c5*1-17-5-4-6-20(21(17)23)27-15-13-26(14-16-27)12-11-18-7-9-19(10-8-18)24-22(28)25(2)3/h5*4-6,18-19H,7-16H2,1-3H3,(H,24,28)/i4D,5D,6D,7D2,8D2,9D2,10D2,13D2,14D2,15D2,16D2,18D,19D;2D3,4D,5D,6D,11D2,12D2,13D2,14D2,15D2,16D2;4D,5D,6D,11D2,12D2,13D2,14D2,15D2,16D2;2D3,4D,5D,6D,12D2,13D2,14D2,15D2,16D2;2D3,4D,5D,6D,11D2,13D2,14D2,15D2,16D2. The molecule has 0 radical (unpaired) electrons. The summed E-state index contributed by atoms with van der Waals surface area (Å²) in [5, 5.41) is 9.22. The Morgan fingerprint density at radius 2 is 0.557 bits per heavy atom. The zero-order valence-electron chi connectivity index (χ0n) is 165. The molecule has 0 aromatic heterocycles. The largest absolute Gasteiger partial charge is 0.368 e. The lowest BCUT2D eigenvalue weighted by molar-refractivity contribution is 0.194. The Kier molecular flexibility index (Phi) is 18.1. The van der Waals surface area contributed by atoms with E-state index in [0.29, 0.717) is 27.5 Å². The van der Waals surface area contributed by atoms with Gasteiger partial charge in [-0.2, -0.15) is 0 Å². The maximum Gasteiger partial charge on any atom is 0.317 e. The van der Waals surface area contributed by atoms with Crippen molar-refractivity contribution in [3.8, 4) is 0 Å². The van der Waals surface area contributed by atoms with Gasteiger partial charge >= 0.3 is 30.2 Å². The Bertz CT molecular complexity index is 8740. The van der Waals surface area contributed by atoms with Crippen LogP contribution in [0.25, 0.3) is 0 Å². The lowest BCUT2D eigenvalue weighted by Gasteiger charge is -2.37. The summed E-state index contributed by atoms with van der Waals surface area (Å²) in [6.07, 6.45) is -24.2. The van der Waals surface area contributed by atoms with Crippen LogP contribution in [0.4, 0.5) is 52.4 Å². The van der Waals surface area contributed by atoms with Crippen LogP contribution < -0.4 is 51.1 Å². The number of hydrogen-bond donors (Lipinski definition) is 5. The van der Waals surface area contributed by atoms with Gasteiger partial charge in [-0.1, -0.05) is 118 Å². The molecule has 5 aliphatic heterocycles. The molecule has 10 aliphatic rings. The third-order valence-corrected chi connectivity index (χ3v) is 24.5. The quantitative estimate of drug-likeness (QED) is 0.0370. The fourth-order valence-corrected chi connectivity index (χ4v) is 14.8. The third-order valence-electron chi connectivity index (χ3n) is 22.2. The number of benzene rings is 5. The summed E-state index contributed by atoms with van der Waals surface area (Å²) in [5.41, 5.74) is -5.30. The van der Waals surface area contributed by atoms with Crippen LogP contribution in [0.15, 0.2) is 90.6 Å². The van der Waals surface area contributed by atoms with Crippen molar-refractivity contribution in [2.24, 2.45) is 29.6 Å². The van der Waals surface area contributed by atoms with E-state index < -0.39 is 468 Å². The van der Waals surface area contributed by atoms with E-state index in [1.165, 1.54) is 39.5 Å². The van der Waals surface area contributed by atoms with Crippen LogP contribution in [0.1, 0.15) is 306 Å². The minimum absolute atomic E-state index is 0.00585. The van der Waals surface area contributed by atoms with E-state index >= 15 is 0 Å². The van der Waals surface area contributed by atoms with Crippen molar-refractivity contribution in [1.82, 2.24) is 75.6 Å². The van der Waals surface area contributed by atoms with Crippen LogP contribution in [0.3, 0.4) is 0 Å². The molecule has 10 fully saturated rings. The third kappa shape index (κ3) is 35.8. The molecule has 140 heavy (non-hydrogen) atoms. The van der Waals surface area contributed by atoms with E-state index in [0.717, 1.165) is 40.1 Å². The monoisotopic (exact) mass is 2120 g/mol. The summed E-state index contributed by atoms with van der Waals surface area (Å²) in [7, 11) is 8.64. The highest BCUT2D eigenvalue weighted by Gasteiger charge is 2.33. The van der Waals surface area contributed by atoms with Crippen LogP contribution >= 0.6 is 58.0 Å². The number of halogens is 5. The highest BCUT2D eigenvalue weighted by atomic mass is 35.5. The van der Waals surface area contributed by atoms with Gasteiger partial charge in [-0.3, -0.25) is 24.5 Å². The van der Waals surface area contributed by atoms with Crippen molar-refractivity contribution in [1.29, 1.82) is 0 Å². The van der Waals surface area contributed by atoms with Gasteiger partial charge in [0.1, 0.15) is 0 Å². The molecular weight excluding hydrogens is 1860 g/mol. The van der Waals surface area contributed by atoms with Gasteiger partial charge in [-0.05, 0) is 315 Å². The molecule has 5 saturated carbocycles.